The maximum Gasteiger partial charge on any atom is 0.244 e. The first-order valence-electron chi connectivity index (χ1n) is 6.71. The zero-order valence-electron chi connectivity index (χ0n) is 11.7. The van der Waals surface area contributed by atoms with E-state index < -0.39 is 10.0 Å². The Morgan fingerprint density at radius 3 is 2.29 bits per heavy atom. The van der Waals surface area contributed by atoms with Gasteiger partial charge in [-0.05, 0) is 24.2 Å². The van der Waals surface area contributed by atoms with E-state index in [2.05, 4.69) is 4.90 Å². The minimum Gasteiger partial charge on any atom is -0.392 e. The normalized spacial score (nSPS) is 18.1. The van der Waals surface area contributed by atoms with Crippen molar-refractivity contribution < 1.29 is 13.5 Å². The molecule has 1 aromatic rings. The molecule has 0 saturated carbocycles. The molecule has 118 valence electrons. The van der Waals surface area contributed by atoms with Crippen molar-refractivity contribution in [3.8, 4) is 0 Å². The molecule has 1 heterocycles. The number of halogens is 2. The molecule has 0 aromatic heterocycles. The highest BCUT2D eigenvalue weighted by Gasteiger charge is 2.30. The van der Waals surface area contributed by atoms with Crippen LogP contribution in [0.4, 0.5) is 0 Å². The third kappa shape index (κ3) is 3.52. The zero-order chi connectivity index (χ0) is 15.6. The summed E-state index contributed by atoms with van der Waals surface area (Å²) in [7, 11) is -3.67. The Labute approximate surface area is 135 Å². The topological polar surface area (TPSA) is 60.9 Å². The molecule has 2 rings (SSSR count). The smallest absolute Gasteiger partial charge is 0.244 e. The van der Waals surface area contributed by atoms with Crippen LogP contribution >= 0.6 is 23.2 Å². The molecule has 1 aromatic carbocycles. The fraction of sp³-hybridized carbons (Fsp3) is 0.538. The largest absolute Gasteiger partial charge is 0.392 e. The Bertz CT molecular complexity index is 614. The van der Waals surface area contributed by atoms with E-state index in [4.69, 9.17) is 23.2 Å². The molecule has 0 unspecified atom stereocenters. The molecule has 0 atom stereocenters. The van der Waals surface area contributed by atoms with Gasteiger partial charge in [-0.2, -0.15) is 4.31 Å². The van der Waals surface area contributed by atoms with Crippen LogP contribution in [0.25, 0.3) is 0 Å². The van der Waals surface area contributed by atoms with Crippen molar-refractivity contribution in [1.82, 2.24) is 9.21 Å². The van der Waals surface area contributed by atoms with Gasteiger partial charge < -0.3 is 10.0 Å². The van der Waals surface area contributed by atoms with Crippen LogP contribution in [0.5, 0.6) is 0 Å². The van der Waals surface area contributed by atoms with Crippen LogP contribution in [-0.4, -0.2) is 55.5 Å². The number of hydrogen-bond acceptors (Lipinski definition) is 4. The lowest BCUT2D eigenvalue weighted by Crippen LogP contribution is -2.48. The molecule has 0 radical (unpaired) electrons. The summed E-state index contributed by atoms with van der Waals surface area (Å²) in [6.45, 7) is 4.90. The Balaban J connectivity index is 2.32. The second-order valence-electron chi connectivity index (χ2n) is 4.87. The average molecular weight is 353 g/mol. The molecule has 1 N–H and O–H groups in total. The average Bonchev–Trinajstić information content (AvgIpc) is 2.47. The summed E-state index contributed by atoms with van der Waals surface area (Å²) in [4.78, 5) is 2.19. The lowest BCUT2D eigenvalue weighted by atomic mass is 10.2. The molecule has 21 heavy (non-hydrogen) atoms. The third-order valence-corrected chi connectivity index (χ3v) is 6.38. The number of likely N-dealkylation sites (N-methyl/N-ethyl adjacent to an activating group) is 1. The van der Waals surface area contributed by atoms with Gasteiger partial charge >= 0.3 is 0 Å². The number of nitrogens with zero attached hydrogens (tertiary/aromatic N) is 2. The first-order chi connectivity index (χ1) is 9.90. The number of sulfonamides is 1. The number of rotatable bonds is 4. The van der Waals surface area contributed by atoms with Gasteiger partial charge in [0.25, 0.3) is 0 Å². The van der Waals surface area contributed by atoms with Crippen molar-refractivity contribution in [1.29, 1.82) is 0 Å². The maximum absolute atomic E-state index is 12.7. The van der Waals surface area contributed by atoms with Crippen molar-refractivity contribution in [3.05, 3.63) is 27.7 Å². The number of hydrogen-bond donors (Lipinski definition) is 1. The summed E-state index contributed by atoms with van der Waals surface area (Å²) in [5.74, 6) is 0. The lowest BCUT2D eigenvalue weighted by molar-refractivity contribution is 0.196. The van der Waals surface area contributed by atoms with Crippen LogP contribution in [0.15, 0.2) is 17.0 Å². The van der Waals surface area contributed by atoms with E-state index in [9.17, 15) is 13.5 Å². The molecule has 8 heteroatoms. The van der Waals surface area contributed by atoms with Crippen molar-refractivity contribution in [2.24, 2.45) is 0 Å². The molecule has 1 aliphatic rings. The second kappa shape index (κ2) is 6.81. The molecule has 1 saturated heterocycles. The predicted octanol–water partition coefficient (Wildman–Crippen LogP) is 1.81. The van der Waals surface area contributed by atoms with E-state index >= 15 is 0 Å². The number of piperazine rings is 1. The van der Waals surface area contributed by atoms with Gasteiger partial charge in [-0.3, -0.25) is 0 Å². The van der Waals surface area contributed by atoms with E-state index in [0.717, 1.165) is 6.54 Å². The van der Waals surface area contributed by atoms with Crippen LogP contribution in [0.3, 0.4) is 0 Å². The molecule has 0 spiro atoms. The van der Waals surface area contributed by atoms with Crippen LogP contribution in [-0.2, 0) is 16.6 Å². The predicted molar refractivity (Wildman–Crippen MR) is 83.3 cm³/mol. The van der Waals surface area contributed by atoms with Crippen LogP contribution < -0.4 is 0 Å². The summed E-state index contributed by atoms with van der Waals surface area (Å²) >= 11 is 12.0. The second-order valence-corrected chi connectivity index (χ2v) is 7.59. The minimum absolute atomic E-state index is 0.00238. The van der Waals surface area contributed by atoms with Gasteiger partial charge in [0.05, 0.1) is 11.6 Å². The molecule has 0 aliphatic carbocycles. The Morgan fingerprint density at radius 2 is 1.76 bits per heavy atom. The standard InChI is InChI=1S/C13H18Cl2N2O3S/c1-2-16-3-5-17(6-4-16)21(19,20)13-7-10(9-18)11(14)8-12(13)15/h7-8,18H,2-6,9H2,1H3. The van der Waals surface area contributed by atoms with Crippen molar-refractivity contribution in [2.45, 2.75) is 18.4 Å². The SMILES string of the molecule is CCN1CCN(S(=O)(=O)c2cc(CO)c(Cl)cc2Cl)CC1. The third-order valence-electron chi connectivity index (χ3n) is 3.67. The van der Waals surface area contributed by atoms with Gasteiger partial charge in [-0.15, -0.1) is 0 Å². The molecule has 1 fully saturated rings. The van der Waals surface area contributed by atoms with E-state index in [1.807, 2.05) is 6.92 Å². The highest BCUT2D eigenvalue weighted by Crippen LogP contribution is 2.31. The molecular formula is C13H18Cl2N2O3S. The van der Waals surface area contributed by atoms with Crippen molar-refractivity contribution in [3.63, 3.8) is 0 Å². The quantitative estimate of drug-likeness (QED) is 0.897. The van der Waals surface area contributed by atoms with Gasteiger partial charge in [0.15, 0.2) is 0 Å². The molecule has 0 bridgehead atoms. The Hall–Kier alpha value is -0.370. The summed E-state index contributed by atoms with van der Waals surface area (Å²) in [6.07, 6.45) is 0. The van der Waals surface area contributed by atoms with Gasteiger partial charge in [-0.1, -0.05) is 30.1 Å². The van der Waals surface area contributed by atoms with Crippen LogP contribution in [0.1, 0.15) is 12.5 Å². The fourth-order valence-electron chi connectivity index (χ4n) is 2.32. The van der Waals surface area contributed by atoms with Gasteiger partial charge in [0, 0.05) is 31.2 Å². The minimum atomic E-state index is -3.67. The van der Waals surface area contributed by atoms with E-state index in [1.165, 1.54) is 16.4 Å². The van der Waals surface area contributed by atoms with Crippen LogP contribution in [0.2, 0.25) is 10.0 Å². The molecule has 1 aliphatic heterocycles. The molecular weight excluding hydrogens is 335 g/mol. The number of aliphatic hydroxyl groups excluding tert-OH is 1. The van der Waals surface area contributed by atoms with Crippen LogP contribution in [0, 0.1) is 0 Å². The zero-order valence-corrected chi connectivity index (χ0v) is 14.0. The number of benzene rings is 1. The van der Waals surface area contributed by atoms with Gasteiger partial charge in [0.2, 0.25) is 10.0 Å². The maximum atomic E-state index is 12.7. The van der Waals surface area contributed by atoms with Crippen molar-refractivity contribution >= 4 is 33.2 Å². The summed E-state index contributed by atoms with van der Waals surface area (Å²) in [6, 6.07) is 2.72. The first-order valence-corrected chi connectivity index (χ1v) is 8.91. The summed E-state index contributed by atoms with van der Waals surface area (Å²) in [5.41, 5.74) is 0.354. The Morgan fingerprint density at radius 1 is 1.14 bits per heavy atom. The van der Waals surface area contributed by atoms with E-state index in [1.54, 1.807) is 0 Å². The first kappa shape index (κ1) is 17.0. The van der Waals surface area contributed by atoms with E-state index in [-0.39, 0.29) is 21.5 Å². The number of aliphatic hydroxyl groups is 1. The lowest BCUT2D eigenvalue weighted by Gasteiger charge is -2.33. The molecule has 5 nitrogen and oxygen atoms in total. The monoisotopic (exact) mass is 352 g/mol. The summed E-state index contributed by atoms with van der Waals surface area (Å²) in [5, 5.41) is 9.57. The highest BCUT2D eigenvalue weighted by atomic mass is 35.5. The summed E-state index contributed by atoms with van der Waals surface area (Å²) < 4.78 is 26.8. The fourth-order valence-corrected chi connectivity index (χ4v) is 4.57. The highest BCUT2D eigenvalue weighted by molar-refractivity contribution is 7.89. The van der Waals surface area contributed by atoms with E-state index in [0.29, 0.717) is 31.7 Å². The Kier molecular flexibility index (Phi) is 5.51. The van der Waals surface area contributed by atoms with Gasteiger partial charge in [0.1, 0.15) is 4.90 Å². The van der Waals surface area contributed by atoms with Crippen molar-refractivity contribution in [2.75, 3.05) is 32.7 Å². The molecule has 0 amide bonds. The van der Waals surface area contributed by atoms with Gasteiger partial charge in [-0.25, -0.2) is 8.42 Å².